The van der Waals surface area contributed by atoms with Gasteiger partial charge in [0.25, 0.3) is 0 Å². The summed E-state index contributed by atoms with van der Waals surface area (Å²) in [5.41, 5.74) is 1.24. The van der Waals surface area contributed by atoms with Gasteiger partial charge in [0.15, 0.2) is 0 Å². The number of hydrogen-bond donors (Lipinski definition) is 1. The zero-order valence-electron chi connectivity index (χ0n) is 12.7. The van der Waals surface area contributed by atoms with Crippen molar-refractivity contribution in [3.63, 3.8) is 0 Å². The van der Waals surface area contributed by atoms with Crippen molar-refractivity contribution in [1.29, 1.82) is 0 Å². The van der Waals surface area contributed by atoms with Gasteiger partial charge in [-0.15, -0.1) is 0 Å². The number of benzene rings is 1. The predicted octanol–water partition coefficient (Wildman–Crippen LogP) is 4.86. The van der Waals surface area contributed by atoms with Crippen molar-refractivity contribution in [1.82, 2.24) is 5.32 Å². The lowest BCUT2D eigenvalue weighted by atomic mass is 9.97. The molecule has 0 amide bonds. The molecule has 0 radical (unpaired) electrons. The van der Waals surface area contributed by atoms with Gasteiger partial charge < -0.3 is 10.1 Å². The summed E-state index contributed by atoms with van der Waals surface area (Å²) >= 11 is 12.1. The molecule has 0 saturated carbocycles. The summed E-state index contributed by atoms with van der Waals surface area (Å²) in [6, 6.07) is 6.39. The second-order valence-electron chi connectivity index (χ2n) is 5.77. The van der Waals surface area contributed by atoms with E-state index in [1.165, 1.54) is 24.8 Å². The molecule has 118 valence electrons. The van der Waals surface area contributed by atoms with Gasteiger partial charge in [0.1, 0.15) is 0 Å². The van der Waals surface area contributed by atoms with Gasteiger partial charge >= 0.3 is 0 Å². The third-order valence-corrected chi connectivity index (χ3v) is 4.81. The molecule has 2 nitrogen and oxygen atoms in total. The minimum atomic E-state index is 0.453. The second-order valence-corrected chi connectivity index (χ2v) is 6.59. The molecule has 1 heterocycles. The molecule has 1 aromatic carbocycles. The van der Waals surface area contributed by atoms with Crippen molar-refractivity contribution in [3.05, 3.63) is 33.8 Å². The highest BCUT2D eigenvalue weighted by Crippen LogP contribution is 2.24. The molecule has 1 aliphatic heterocycles. The van der Waals surface area contributed by atoms with E-state index in [0.29, 0.717) is 22.2 Å². The van der Waals surface area contributed by atoms with E-state index in [9.17, 15) is 0 Å². The lowest BCUT2D eigenvalue weighted by molar-refractivity contribution is 0.00860. The van der Waals surface area contributed by atoms with E-state index in [-0.39, 0.29) is 0 Å². The van der Waals surface area contributed by atoms with Crippen LogP contribution < -0.4 is 5.32 Å². The number of rotatable bonds is 7. The first-order chi connectivity index (χ1) is 10.2. The SMILES string of the molecule is CCNC(CCC1CCCCO1)Cc1ccc(Cl)c(Cl)c1. The third-order valence-electron chi connectivity index (χ3n) is 4.07. The van der Waals surface area contributed by atoms with Crippen LogP contribution in [0.2, 0.25) is 10.0 Å². The summed E-state index contributed by atoms with van der Waals surface area (Å²) in [6.45, 7) is 4.07. The lowest BCUT2D eigenvalue weighted by Crippen LogP contribution is -2.32. The summed E-state index contributed by atoms with van der Waals surface area (Å²) in [4.78, 5) is 0. The maximum absolute atomic E-state index is 6.10. The largest absolute Gasteiger partial charge is 0.378 e. The van der Waals surface area contributed by atoms with Crippen LogP contribution in [0.1, 0.15) is 44.6 Å². The van der Waals surface area contributed by atoms with Crippen LogP contribution in [0.3, 0.4) is 0 Å². The Labute approximate surface area is 138 Å². The van der Waals surface area contributed by atoms with Crippen molar-refractivity contribution in [2.45, 2.75) is 57.6 Å². The van der Waals surface area contributed by atoms with Gasteiger partial charge in [-0.3, -0.25) is 0 Å². The topological polar surface area (TPSA) is 21.3 Å². The average Bonchev–Trinajstić information content (AvgIpc) is 2.50. The fraction of sp³-hybridized carbons (Fsp3) is 0.647. The standard InChI is InChI=1S/C17H25Cl2NO/c1-2-20-14(7-8-15-5-3-4-10-21-15)11-13-6-9-16(18)17(19)12-13/h6,9,12,14-15,20H,2-5,7-8,10-11H2,1H3. The van der Waals surface area contributed by atoms with E-state index < -0.39 is 0 Å². The smallest absolute Gasteiger partial charge is 0.0595 e. The van der Waals surface area contributed by atoms with Gasteiger partial charge in [-0.05, 0) is 62.8 Å². The van der Waals surface area contributed by atoms with Crippen molar-refractivity contribution in [2.75, 3.05) is 13.2 Å². The third kappa shape index (κ3) is 5.78. The quantitative estimate of drug-likeness (QED) is 0.771. The first-order valence-corrected chi connectivity index (χ1v) is 8.73. The first-order valence-electron chi connectivity index (χ1n) is 7.98. The highest BCUT2D eigenvalue weighted by Gasteiger charge is 2.17. The van der Waals surface area contributed by atoms with Crippen LogP contribution in [-0.4, -0.2) is 25.3 Å². The van der Waals surface area contributed by atoms with E-state index in [1.54, 1.807) is 0 Å². The monoisotopic (exact) mass is 329 g/mol. The minimum Gasteiger partial charge on any atom is -0.378 e. The first kappa shape index (κ1) is 17.1. The molecule has 4 heteroatoms. The normalized spacial score (nSPS) is 20.4. The summed E-state index contributed by atoms with van der Waals surface area (Å²) in [5.74, 6) is 0. The van der Waals surface area contributed by atoms with E-state index in [2.05, 4.69) is 18.3 Å². The Bertz CT molecular complexity index is 433. The Balaban J connectivity index is 1.86. The van der Waals surface area contributed by atoms with Crippen LogP contribution in [-0.2, 0) is 11.2 Å². The Kier molecular flexibility index (Phi) is 7.31. The average molecular weight is 330 g/mol. The fourth-order valence-corrected chi connectivity index (χ4v) is 3.26. The van der Waals surface area contributed by atoms with Gasteiger partial charge in [-0.1, -0.05) is 36.2 Å². The molecule has 1 aliphatic rings. The molecule has 1 aromatic rings. The van der Waals surface area contributed by atoms with Crippen molar-refractivity contribution < 1.29 is 4.74 Å². The molecule has 1 N–H and O–H groups in total. The summed E-state index contributed by atoms with van der Waals surface area (Å²) < 4.78 is 5.83. The lowest BCUT2D eigenvalue weighted by Gasteiger charge is -2.25. The second kappa shape index (κ2) is 8.99. The summed E-state index contributed by atoms with van der Waals surface area (Å²) in [7, 11) is 0. The van der Waals surface area contributed by atoms with Gasteiger partial charge in [0, 0.05) is 12.6 Å². The number of ether oxygens (including phenoxy) is 1. The predicted molar refractivity (Wildman–Crippen MR) is 90.5 cm³/mol. The van der Waals surface area contributed by atoms with Gasteiger partial charge in [-0.25, -0.2) is 0 Å². The maximum atomic E-state index is 6.10. The Morgan fingerprint density at radius 1 is 1.29 bits per heavy atom. The molecule has 0 spiro atoms. The van der Waals surface area contributed by atoms with Crippen LogP contribution in [0, 0.1) is 0 Å². The van der Waals surface area contributed by atoms with E-state index in [0.717, 1.165) is 32.4 Å². The molecule has 0 aliphatic carbocycles. The fourth-order valence-electron chi connectivity index (χ4n) is 2.94. The highest BCUT2D eigenvalue weighted by molar-refractivity contribution is 6.42. The van der Waals surface area contributed by atoms with Gasteiger partial charge in [0.2, 0.25) is 0 Å². The summed E-state index contributed by atoms with van der Waals surface area (Å²) in [6.07, 6.45) is 7.45. The Morgan fingerprint density at radius 3 is 2.81 bits per heavy atom. The number of halogens is 2. The number of hydrogen-bond acceptors (Lipinski definition) is 2. The maximum Gasteiger partial charge on any atom is 0.0595 e. The zero-order chi connectivity index (χ0) is 15.1. The van der Waals surface area contributed by atoms with Crippen LogP contribution in [0.4, 0.5) is 0 Å². The minimum absolute atomic E-state index is 0.453. The molecular weight excluding hydrogens is 305 g/mol. The van der Waals surface area contributed by atoms with Crippen LogP contribution in [0.25, 0.3) is 0 Å². The molecule has 2 unspecified atom stereocenters. The molecule has 2 rings (SSSR count). The van der Waals surface area contributed by atoms with Crippen molar-refractivity contribution in [3.8, 4) is 0 Å². The van der Waals surface area contributed by atoms with Gasteiger partial charge in [0.05, 0.1) is 16.1 Å². The number of likely N-dealkylation sites (N-methyl/N-ethyl adjacent to an activating group) is 1. The van der Waals surface area contributed by atoms with Crippen LogP contribution >= 0.6 is 23.2 Å². The Morgan fingerprint density at radius 2 is 2.14 bits per heavy atom. The van der Waals surface area contributed by atoms with E-state index in [4.69, 9.17) is 27.9 Å². The molecule has 1 fully saturated rings. The highest BCUT2D eigenvalue weighted by atomic mass is 35.5. The zero-order valence-corrected chi connectivity index (χ0v) is 14.2. The van der Waals surface area contributed by atoms with Crippen LogP contribution in [0.15, 0.2) is 18.2 Å². The summed E-state index contributed by atoms with van der Waals surface area (Å²) in [5, 5.41) is 4.83. The van der Waals surface area contributed by atoms with E-state index >= 15 is 0 Å². The van der Waals surface area contributed by atoms with Crippen molar-refractivity contribution >= 4 is 23.2 Å². The molecule has 0 aromatic heterocycles. The van der Waals surface area contributed by atoms with E-state index in [1.807, 2.05) is 12.1 Å². The molecule has 2 atom stereocenters. The molecule has 21 heavy (non-hydrogen) atoms. The molecule has 1 saturated heterocycles. The molecular formula is C17H25Cl2NO. The number of nitrogens with one attached hydrogen (secondary N) is 1. The van der Waals surface area contributed by atoms with Crippen molar-refractivity contribution in [2.24, 2.45) is 0 Å². The van der Waals surface area contributed by atoms with Crippen LogP contribution in [0.5, 0.6) is 0 Å². The Hall–Kier alpha value is -0.280. The molecule has 0 bridgehead atoms. The van der Waals surface area contributed by atoms with Gasteiger partial charge in [-0.2, -0.15) is 0 Å².